The number of hydrogen-bond donors (Lipinski definition) is 1. The Kier molecular flexibility index (Phi) is 5.74. The number of anilines is 2. The van der Waals surface area contributed by atoms with Crippen LogP contribution in [0.3, 0.4) is 0 Å². The molecule has 27 heavy (non-hydrogen) atoms. The van der Waals surface area contributed by atoms with Crippen LogP contribution in [0, 0.1) is 5.41 Å². The number of carbonyl (C=O) groups excluding carboxylic acids is 1. The fourth-order valence-corrected chi connectivity index (χ4v) is 4.39. The second kappa shape index (κ2) is 7.88. The third kappa shape index (κ3) is 4.43. The summed E-state index contributed by atoms with van der Waals surface area (Å²) in [5, 5.41) is 4.51. The number of carbonyl (C=O) groups is 1. The van der Waals surface area contributed by atoms with Gasteiger partial charge in [0.15, 0.2) is 5.82 Å². The summed E-state index contributed by atoms with van der Waals surface area (Å²) >= 11 is 1.67. The molecular formula is C19H27N5O2S. The third-order valence-electron chi connectivity index (χ3n) is 4.60. The van der Waals surface area contributed by atoms with Crippen molar-refractivity contribution >= 4 is 34.9 Å². The highest BCUT2D eigenvalue weighted by Gasteiger charge is 2.36. The summed E-state index contributed by atoms with van der Waals surface area (Å²) in [4.78, 5) is 28.2. The minimum atomic E-state index is -0.186. The molecule has 0 spiro atoms. The van der Waals surface area contributed by atoms with Crippen LogP contribution < -0.4 is 10.2 Å². The molecule has 146 valence electrons. The number of fused-ring (bicyclic) bond motifs is 1. The fraction of sp³-hybridized carbons (Fsp3) is 0.579. The first kappa shape index (κ1) is 19.7. The Morgan fingerprint density at radius 2 is 2.15 bits per heavy atom. The summed E-state index contributed by atoms with van der Waals surface area (Å²) in [5.74, 6) is 0.702. The zero-order valence-electron chi connectivity index (χ0n) is 16.6. The Hall–Kier alpha value is -2.09. The van der Waals surface area contributed by atoms with Gasteiger partial charge in [0, 0.05) is 32.8 Å². The van der Waals surface area contributed by atoms with Crippen molar-refractivity contribution in [1.29, 1.82) is 0 Å². The van der Waals surface area contributed by atoms with Crippen molar-refractivity contribution in [1.82, 2.24) is 9.97 Å². The summed E-state index contributed by atoms with van der Waals surface area (Å²) in [6.45, 7) is 5.14. The lowest BCUT2D eigenvalue weighted by Crippen LogP contribution is -2.30. The maximum absolute atomic E-state index is 11.3. The first-order valence-corrected chi connectivity index (χ1v) is 9.93. The minimum Gasteiger partial charge on any atom is -0.469 e. The van der Waals surface area contributed by atoms with Crippen LogP contribution in [0.2, 0.25) is 0 Å². The summed E-state index contributed by atoms with van der Waals surface area (Å²) in [7, 11) is 5.39. The van der Waals surface area contributed by atoms with E-state index in [0.717, 1.165) is 35.1 Å². The van der Waals surface area contributed by atoms with E-state index in [1.807, 2.05) is 19.0 Å². The maximum Gasteiger partial charge on any atom is 0.305 e. The van der Waals surface area contributed by atoms with E-state index in [1.54, 1.807) is 18.1 Å². The average Bonchev–Trinajstić information content (AvgIpc) is 2.62. The Labute approximate surface area is 164 Å². The number of rotatable bonds is 5. The highest BCUT2D eigenvalue weighted by atomic mass is 32.2. The van der Waals surface area contributed by atoms with Gasteiger partial charge in [-0.2, -0.15) is 0 Å². The first-order chi connectivity index (χ1) is 12.8. The van der Waals surface area contributed by atoms with Crippen molar-refractivity contribution in [2.75, 3.05) is 38.0 Å². The quantitative estimate of drug-likeness (QED) is 0.469. The molecule has 2 heterocycles. The smallest absolute Gasteiger partial charge is 0.305 e. The maximum atomic E-state index is 11.3. The number of methoxy groups -OCH3 is 1. The van der Waals surface area contributed by atoms with Crippen LogP contribution in [0.5, 0.6) is 0 Å². The Morgan fingerprint density at radius 3 is 2.85 bits per heavy atom. The molecule has 0 aromatic carbocycles. The number of aliphatic imine (C=N–C) groups is 1. The van der Waals surface area contributed by atoms with Gasteiger partial charge in [-0.3, -0.25) is 9.79 Å². The molecule has 8 heteroatoms. The van der Waals surface area contributed by atoms with Gasteiger partial charge < -0.3 is 15.0 Å². The molecule has 0 atom stereocenters. The molecule has 0 radical (unpaired) electrons. The van der Waals surface area contributed by atoms with Crippen LogP contribution in [0.1, 0.15) is 39.5 Å². The van der Waals surface area contributed by atoms with Gasteiger partial charge in [0.05, 0.1) is 17.7 Å². The molecule has 0 saturated heterocycles. The SMILES string of the molecule is COC(=O)CCCN=C1CC(C)(C)CC2=C1Sc1ncnc(N(C)C)c1N2. The number of esters is 1. The molecule has 2 aliphatic rings. The van der Waals surface area contributed by atoms with Gasteiger partial charge in [0.25, 0.3) is 0 Å². The molecular weight excluding hydrogens is 362 g/mol. The highest BCUT2D eigenvalue weighted by Crippen LogP contribution is 2.49. The molecule has 1 N–H and O–H groups in total. The lowest BCUT2D eigenvalue weighted by Gasteiger charge is -2.37. The van der Waals surface area contributed by atoms with Crippen molar-refractivity contribution < 1.29 is 9.53 Å². The van der Waals surface area contributed by atoms with Crippen molar-refractivity contribution in [3.05, 3.63) is 16.9 Å². The second-order valence-corrected chi connectivity index (χ2v) is 8.83. The summed E-state index contributed by atoms with van der Waals surface area (Å²) in [6, 6.07) is 0. The molecule has 0 amide bonds. The molecule has 7 nitrogen and oxygen atoms in total. The number of nitrogens with zero attached hydrogens (tertiary/aromatic N) is 4. The minimum absolute atomic E-state index is 0.124. The molecule has 0 unspecified atom stereocenters. The van der Waals surface area contributed by atoms with Gasteiger partial charge in [0.1, 0.15) is 17.0 Å². The van der Waals surface area contributed by atoms with Crippen LogP contribution in [0.25, 0.3) is 0 Å². The average molecular weight is 390 g/mol. The third-order valence-corrected chi connectivity index (χ3v) is 5.79. The number of allylic oxidation sites excluding steroid dienone is 2. The lowest BCUT2D eigenvalue weighted by atomic mass is 9.78. The Morgan fingerprint density at radius 1 is 1.37 bits per heavy atom. The molecule has 0 bridgehead atoms. The van der Waals surface area contributed by atoms with E-state index in [9.17, 15) is 4.79 Å². The van der Waals surface area contributed by atoms with Crippen LogP contribution >= 0.6 is 11.8 Å². The monoisotopic (exact) mass is 389 g/mol. The largest absolute Gasteiger partial charge is 0.469 e. The van der Waals surface area contributed by atoms with Gasteiger partial charge in [-0.15, -0.1) is 0 Å². The van der Waals surface area contributed by atoms with E-state index in [2.05, 4.69) is 29.1 Å². The number of ether oxygens (including phenoxy) is 1. The lowest BCUT2D eigenvalue weighted by molar-refractivity contribution is -0.140. The van der Waals surface area contributed by atoms with Gasteiger partial charge >= 0.3 is 5.97 Å². The van der Waals surface area contributed by atoms with Crippen LogP contribution in [0.15, 0.2) is 26.9 Å². The van der Waals surface area contributed by atoms with Crippen LogP contribution in [0.4, 0.5) is 11.5 Å². The standard InChI is InChI=1S/C19H27N5O2S/c1-19(2)9-12(20-8-6-7-14(25)26-5)16-13(10-19)23-15-17(24(3)4)21-11-22-18(15)27-16/h11,23H,6-10H2,1-5H3. The first-order valence-electron chi connectivity index (χ1n) is 9.11. The normalized spacial score (nSPS) is 19.2. The van der Waals surface area contributed by atoms with E-state index >= 15 is 0 Å². The molecule has 1 aliphatic carbocycles. The Bertz CT molecular complexity index is 801. The van der Waals surface area contributed by atoms with E-state index in [0.29, 0.717) is 19.4 Å². The van der Waals surface area contributed by atoms with E-state index in [-0.39, 0.29) is 11.4 Å². The fourth-order valence-electron chi connectivity index (χ4n) is 3.35. The molecule has 0 saturated carbocycles. The van der Waals surface area contributed by atoms with Gasteiger partial charge in [0.2, 0.25) is 0 Å². The van der Waals surface area contributed by atoms with Gasteiger partial charge in [-0.05, 0) is 24.7 Å². The van der Waals surface area contributed by atoms with E-state index in [4.69, 9.17) is 9.73 Å². The van der Waals surface area contributed by atoms with Gasteiger partial charge in [-0.1, -0.05) is 25.6 Å². The molecule has 1 aromatic rings. The zero-order chi connectivity index (χ0) is 19.6. The number of hydrogen-bond acceptors (Lipinski definition) is 8. The molecule has 1 aromatic heterocycles. The van der Waals surface area contributed by atoms with Gasteiger partial charge in [-0.25, -0.2) is 9.97 Å². The molecule has 0 fully saturated rings. The van der Waals surface area contributed by atoms with Crippen LogP contribution in [-0.4, -0.2) is 49.4 Å². The number of thioether (sulfide) groups is 1. The van der Waals surface area contributed by atoms with E-state index < -0.39 is 0 Å². The molecule has 1 aliphatic heterocycles. The van der Waals surface area contributed by atoms with E-state index in [1.165, 1.54) is 17.7 Å². The number of nitrogens with one attached hydrogen (secondary N) is 1. The predicted molar refractivity (Wildman–Crippen MR) is 109 cm³/mol. The van der Waals surface area contributed by atoms with Crippen molar-refractivity contribution in [2.24, 2.45) is 10.4 Å². The predicted octanol–water partition coefficient (Wildman–Crippen LogP) is 3.49. The zero-order valence-corrected chi connectivity index (χ0v) is 17.4. The summed E-state index contributed by atoms with van der Waals surface area (Å²) < 4.78 is 4.70. The van der Waals surface area contributed by atoms with Crippen molar-refractivity contribution in [3.8, 4) is 0 Å². The highest BCUT2D eigenvalue weighted by molar-refractivity contribution is 8.04. The Balaban J connectivity index is 1.86. The summed E-state index contributed by atoms with van der Waals surface area (Å²) in [5.41, 5.74) is 3.38. The van der Waals surface area contributed by atoms with Crippen molar-refractivity contribution in [2.45, 2.75) is 44.6 Å². The summed E-state index contributed by atoms with van der Waals surface area (Å²) in [6.07, 6.45) is 4.57. The number of aromatic nitrogens is 2. The van der Waals surface area contributed by atoms with Crippen molar-refractivity contribution in [3.63, 3.8) is 0 Å². The van der Waals surface area contributed by atoms with Crippen LogP contribution in [-0.2, 0) is 9.53 Å². The molecule has 3 rings (SSSR count). The second-order valence-electron chi connectivity index (χ2n) is 7.83. The topological polar surface area (TPSA) is 79.7 Å².